The molecule has 1 heterocycles. The topological polar surface area (TPSA) is 39.2 Å². The van der Waals surface area contributed by atoms with E-state index in [1.807, 2.05) is 0 Å². The number of aryl methyl sites for hydroxylation is 1. The van der Waals surface area contributed by atoms with Crippen LogP contribution >= 0.6 is 11.6 Å². The summed E-state index contributed by atoms with van der Waals surface area (Å²) in [5.74, 6) is -1.05. The number of carbonyl (C=O) groups is 1. The molecule has 0 bridgehead atoms. The average Bonchev–Trinajstić information content (AvgIpc) is 2.28. The molecule has 5 heteroatoms. The number of nitrogens with zero attached hydrogens (tertiary/aromatic N) is 1. The van der Waals surface area contributed by atoms with Crippen LogP contribution < -0.4 is 0 Å². The Labute approximate surface area is 102 Å². The highest BCUT2D eigenvalue weighted by Crippen LogP contribution is 2.24. The third kappa shape index (κ3) is 2.08. The van der Waals surface area contributed by atoms with Crippen molar-refractivity contribution in [2.45, 2.75) is 6.92 Å². The fourth-order valence-corrected chi connectivity index (χ4v) is 1.83. The van der Waals surface area contributed by atoms with Gasteiger partial charge in [0.2, 0.25) is 0 Å². The molecule has 0 atom stereocenters. The molecule has 2 rings (SSSR count). The van der Waals surface area contributed by atoms with Crippen molar-refractivity contribution in [2.75, 3.05) is 7.11 Å². The van der Waals surface area contributed by atoms with E-state index in [-0.39, 0.29) is 16.2 Å². The standard InChI is InChI=1S/C12H9ClFNO2/c1-6-3-7-5-8(12(16)17-2)11(13)15-10(7)9(14)4-6/h3-5H,1-2H3. The molecule has 17 heavy (non-hydrogen) atoms. The van der Waals surface area contributed by atoms with Crippen LogP contribution in [0.2, 0.25) is 5.15 Å². The highest BCUT2D eigenvalue weighted by Gasteiger charge is 2.15. The third-order valence-corrected chi connectivity index (χ3v) is 2.66. The van der Waals surface area contributed by atoms with Gasteiger partial charge >= 0.3 is 5.97 Å². The Morgan fingerprint density at radius 1 is 1.41 bits per heavy atom. The number of halogens is 2. The van der Waals surface area contributed by atoms with Crippen molar-refractivity contribution in [3.63, 3.8) is 0 Å². The second-order valence-electron chi connectivity index (χ2n) is 3.64. The van der Waals surface area contributed by atoms with Crippen molar-refractivity contribution in [2.24, 2.45) is 0 Å². The number of aromatic nitrogens is 1. The van der Waals surface area contributed by atoms with Gasteiger partial charge in [-0.1, -0.05) is 11.6 Å². The smallest absolute Gasteiger partial charge is 0.341 e. The summed E-state index contributed by atoms with van der Waals surface area (Å²) in [7, 11) is 1.25. The quantitative estimate of drug-likeness (QED) is 0.579. The lowest BCUT2D eigenvalue weighted by Crippen LogP contribution is -2.04. The largest absolute Gasteiger partial charge is 0.465 e. The molecule has 1 aromatic carbocycles. The monoisotopic (exact) mass is 253 g/mol. The molecule has 2 aromatic rings. The van der Waals surface area contributed by atoms with E-state index in [4.69, 9.17) is 11.6 Å². The van der Waals surface area contributed by atoms with E-state index < -0.39 is 11.8 Å². The zero-order valence-electron chi connectivity index (χ0n) is 9.25. The Hall–Kier alpha value is -1.68. The molecule has 0 saturated heterocycles. The van der Waals surface area contributed by atoms with Gasteiger partial charge in [0.15, 0.2) is 0 Å². The van der Waals surface area contributed by atoms with Crippen LogP contribution in [-0.2, 0) is 4.74 Å². The Morgan fingerprint density at radius 3 is 2.76 bits per heavy atom. The second kappa shape index (κ2) is 4.30. The van der Waals surface area contributed by atoms with Crippen LogP contribution in [0.4, 0.5) is 4.39 Å². The van der Waals surface area contributed by atoms with Gasteiger partial charge in [0, 0.05) is 5.39 Å². The summed E-state index contributed by atoms with van der Waals surface area (Å²) in [6.07, 6.45) is 0. The van der Waals surface area contributed by atoms with Crippen molar-refractivity contribution < 1.29 is 13.9 Å². The number of rotatable bonds is 1. The number of methoxy groups -OCH3 is 1. The fraction of sp³-hybridized carbons (Fsp3) is 0.167. The number of pyridine rings is 1. The molecule has 0 N–H and O–H groups in total. The Balaban J connectivity index is 2.76. The predicted molar refractivity (Wildman–Crippen MR) is 62.8 cm³/mol. The van der Waals surface area contributed by atoms with Gasteiger partial charge in [-0.3, -0.25) is 0 Å². The molecule has 0 radical (unpaired) electrons. The molecular formula is C12H9ClFNO2. The first-order valence-corrected chi connectivity index (χ1v) is 5.25. The van der Waals surface area contributed by atoms with Crippen LogP contribution in [0.25, 0.3) is 10.9 Å². The predicted octanol–water partition coefficient (Wildman–Crippen LogP) is 3.12. The average molecular weight is 254 g/mol. The van der Waals surface area contributed by atoms with Crippen LogP contribution in [0.3, 0.4) is 0 Å². The summed E-state index contributed by atoms with van der Waals surface area (Å²) in [6.45, 7) is 1.76. The van der Waals surface area contributed by atoms with Crippen LogP contribution in [0.1, 0.15) is 15.9 Å². The lowest BCUT2D eigenvalue weighted by atomic mass is 10.1. The lowest BCUT2D eigenvalue weighted by molar-refractivity contribution is 0.0600. The van der Waals surface area contributed by atoms with E-state index in [0.29, 0.717) is 5.39 Å². The van der Waals surface area contributed by atoms with E-state index >= 15 is 0 Å². The molecule has 88 valence electrons. The first-order valence-electron chi connectivity index (χ1n) is 4.87. The molecule has 1 aromatic heterocycles. The summed E-state index contributed by atoms with van der Waals surface area (Å²) in [5.41, 5.74) is 1.02. The molecule has 3 nitrogen and oxygen atoms in total. The number of hydrogen-bond donors (Lipinski definition) is 0. The van der Waals surface area contributed by atoms with Crippen LogP contribution in [-0.4, -0.2) is 18.1 Å². The van der Waals surface area contributed by atoms with Gasteiger partial charge in [0.25, 0.3) is 0 Å². The molecule has 0 amide bonds. The van der Waals surface area contributed by atoms with Crippen molar-refractivity contribution >= 4 is 28.5 Å². The molecular weight excluding hydrogens is 245 g/mol. The lowest BCUT2D eigenvalue weighted by Gasteiger charge is -2.05. The number of hydrogen-bond acceptors (Lipinski definition) is 3. The van der Waals surface area contributed by atoms with Gasteiger partial charge in [0.05, 0.1) is 12.7 Å². The third-order valence-electron chi connectivity index (χ3n) is 2.37. The first kappa shape index (κ1) is 11.8. The molecule has 0 saturated carbocycles. The summed E-state index contributed by atoms with van der Waals surface area (Å²) < 4.78 is 18.2. The Kier molecular flexibility index (Phi) is 2.98. The normalized spacial score (nSPS) is 10.6. The highest BCUT2D eigenvalue weighted by atomic mass is 35.5. The molecule has 0 aliphatic carbocycles. The Morgan fingerprint density at radius 2 is 2.12 bits per heavy atom. The summed E-state index contributed by atoms with van der Waals surface area (Å²) in [6, 6.07) is 4.57. The maximum atomic E-state index is 13.6. The molecule has 0 unspecified atom stereocenters. The summed E-state index contributed by atoms with van der Waals surface area (Å²) in [4.78, 5) is 15.3. The summed E-state index contributed by atoms with van der Waals surface area (Å²) in [5, 5.41) is 0.458. The van der Waals surface area contributed by atoms with Crippen molar-refractivity contribution in [3.8, 4) is 0 Å². The Bertz CT molecular complexity index is 613. The van der Waals surface area contributed by atoms with Gasteiger partial charge in [-0.25, -0.2) is 14.2 Å². The number of carbonyl (C=O) groups excluding carboxylic acids is 1. The number of benzene rings is 1. The maximum absolute atomic E-state index is 13.6. The van der Waals surface area contributed by atoms with Crippen molar-refractivity contribution in [1.82, 2.24) is 4.98 Å². The molecule has 0 aliphatic rings. The second-order valence-corrected chi connectivity index (χ2v) is 3.99. The minimum atomic E-state index is -0.591. The minimum absolute atomic E-state index is 0.0629. The van der Waals surface area contributed by atoms with Gasteiger partial charge in [-0.15, -0.1) is 0 Å². The fourth-order valence-electron chi connectivity index (χ4n) is 1.62. The van der Waals surface area contributed by atoms with Crippen molar-refractivity contribution in [3.05, 3.63) is 40.3 Å². The van der Waals surface area contributed by atoms with Crippen LogP contribution in [0, 0.1) is 12.7 Å². The molecule has 0 spiro atoms. The number of esters is 1. The van der Waals surface area contributed by atoms with E-state index in [1.165, 1.54) is 19.2 Å². The van der Waals surface area contributed by atoms with E-state index in [0.717, 1.165) is 5.56 Å². The van der Waals surface area contributed by atoms with E-state index in [2.05, 4.69) is 9.72 Å². The van der Waals surface area contributed by atoms with E-state index in [1.54, 1.807) is 13.0 Å². The minimum Gasteiger partial charge on any atom is -0.465 e. The highest BCUT2D eigenvalue weighted by molar-refractivity contribution is 6.32. The first-order chi connectivity index (χ1) is 8.02. The van der Waals surface area contributed by atoms with Crippen LogP contribution in [0.15, 0.2) is 18.2 Å². The van der Waals surface area contributed by atoms with E-state index in [9.17, 15) is 9.18 Å². The SMILES string of the molecule is COC(=O)c1cc2cc(C)cc(F)c2nc1Cl. The van der Waals surface area contributed by atoms with Crippen LogP contribution in [0.5, 0.6) is 0 Å². The maximum Gasteiger partial charge on any atom is 0.341 e. The van der Waals surface area contributed by atoms with Crippen molar-refractivity contribution in [1.29, 1.82) is 0 Å². The van der Waals surface area contributed by atoms with Gasteiger partial charge < -0.3 is 4.74 Å². The molecule has 0 fully saturated rings. The van der Waals surface area contributed by atoms with Gasteiger partial charge in [-0.2, -0.15) is 0 Å². The molecule has 0 aliphatic heterocycles. The number of ether oxygens (including phenoxy) is 1. The zero-order valence-corrected chi connectivity index (χ0v) is 10.0. The van der Waals surface area contributed by atoms with Gasteiger partial charge in [0.1, 0.15) is 16.5 Å². The summed E-state index contributed by atoms with van der Waals surface area (Å²) >= 11 is 5.81. The zero-order chi connectivity index (χ0) is 12.6. The number of fused-ring (bicyclic) bond motifs is 1. The van der Waals surface area contributed by atoms with Gasteiger partial charge in [-0.05, 0) is 30.7 Å².